The van der Waals surface area contributed by atoms with Crippen LogP contribution in [-0.2, 0) is 23.0 Å². The van der Waals surface area contributed by atoms with E-state index >= 15 is 0 Å². The summed E-state index contributed by atoms with van der Waals surface area (Å²) in [7, 11) is -3.76. The number of rotatable bonds is 7. The molecule has 0 atom stereocenters. The number of nitrogens with zero attached hydrogens (tertiary/aromatic N) is 2. The number of piperazine rings is 1. The predicted molar refractivity (Wildman–Crippen MR) is 129 cm³/mol. The Kier molecular flexibility index (Phi) is 7.19. The van der Waals surface area contributed by atoms with Crippen molar-refractivity contribution >= 4 is 44.8 Å². The van der Waals surface area contributed by atoms with Gasteiger partial charge in [0.1, 0.15) is 5.82 Å². The van der Waals surface area contributed by atoms with Gasteiger partial charge in [0, 0.05) is 48.5 Å². The average molecular weight is 514 g/mol. The Labute approximate surface area is 203 Å². The van der Waals surface area contributed by atoms with E-state index in [1.807, 2.05) is 16.9 Å². The van der Waals surface area contributed by atoms with Crippen molar-refractivity contribution in [2.45, 2.75) is 38.0 Å². The quantitative estimate of drug-likeness (QED) is 0.599. The number of nitrogens with one attached hydrogen (secondary N) is 1. The number of benzene rings is 2. The van der Waals surface area contributed by atoms with Crippen molar-refractivity contribution < 1.29 is 17.6 Å². The lowest BCUT2D eigenvalue weighted by atomic mass is 10.1. The molecule has 0 spiro atoms. The molecule has 4 rings (SSSR count). The summed E-state index contributed by atoms with van der Waals surface area (Å²) in [6.07, 6.45) is 1.89. The molecule has 6 nitrogen and oxygen atoms in total. The van der Waals surface area contributed by atoms with Crippen molar-refractivity contribution in [3.8, 4) is 0 Å². The van der Waals surface area contributed by atoms with Crippen molar-refractivity contribution in [2.75, 3.05) is 31.1 Å². The zero-order valence-corrected chi connectivity index (χ0v) is 20.6. The molecular formula is C23H26Cl2FN3O3S. The van der Waals surface area contributed by atoms with Crippen LogP contribution in [-0.4, -0.2) is 50.7 Å². The fourth-order valence-electron chi connectivity index (χ4n) is 3.96. The molecule has 2 aromatic rings. The predicted octanol–water partition coefficient (Wildman–Crippen LogP) is 4.24. The Bertz CT molecular complexity index is 1160. The van der Waals surface area contributed by atoms with Gasteiger partial charge in [0.05, 0.1) is 10.8 Å². The van der Waals surface area contributed by atoms with Gasteiger partial charge in [0.2, 0.25) is 10.0 Å². The molecule has 33 heavy (non-hydrogen) atoms. The highest BCUT2D eigenvalue weighted by molar-refractivity contribution is 7.91. The number of amides is 1. The molecule has 1 aliphatic heterocycles. The van der Waals surface area contributed by atoms with Gasteiger partial charge in [-0.25, -0.2) is 17.5 Å². The number of sulfonamides is 1. The van der Waals surface area contributed by atoms with Crippen LogP contribution < -0.4 is 9.62 Å². The number of carbonyl (C=O) groups excluding carboxylic acids is 1. The number of halogens is 3. The van der Waals surface area contributed by atoms with E-state index in [1.165, 1.54) is 12.1 Å². The van der Waals surface area contributed by atoms with Crippen molar-refractivity contribution in [1.29, 1.82) is 0 Å². The first kappa shape index (κ1) is 24.3. The monoisotopic (exact) mass is 513 g/mol. The van der Waals surface area contributed by atoms with Gasteiger partial charge in [0.25, 0.3) is 5.91 Å². The van der Waals surface area contributed by atoms with Gasteiger partial charge in [-0.1, -0.05) is 30.1 Å². The molecule has 0 radical (unpaired) electrons. The number of hydrogen-bond acceptors (Lipinski definition) is 5. The Morgan fingerprint density at radius 2 is 1.76 bits per heavy atom. The lowest BCUT2D eigenvalue weighted by molar-refractivity contribution is 0.0977. The van der Waals surface area contributed by atoms with Gasteiger partial charge in [-0.15, -0.1) is 0 Å². The zero-order valence-electron chi connectivity index (χ0n) is 18.3. The van der Waals surface area contributed by atoms with E-state index in [2.05, 4.69) is 22.8 Å². The van der Waals surface area contributed by atoms with Crippen LogP contribution in [0.1, 0.15) is 41.3 Å². The molecular weight excluding hydrogens is 488 g/mol. The van der Waals surface area contributed by atoms with Crippen LogP contribution in [0, 0.1) is 5.82 Å². The summed E-state index contributed by atoms with van der Waals surface area (Å²) in [5, 5.41) is 0.441. The third-order valence-electron chi connectivity index (χ3n) is 6.12. The highest BCUT2D eigenvalue weighted by Gasteiger charge is 2.37. The third kappa shape index (κ3) is 5.62. The van der Waals surface area contributed by atoms with E-state index in [4.69, 9.17) is 23.2 Å². The summed E-state index contributed by atoms with van der Waals surface area (Å²) in [6.45, 7) is 5.67. The Balaban J connectivity index is 1.39. The molecule has 2 aliphatic rings. The molecule has 0 unspecified atom stereocenters. The topological polar surface area (TPSA) is 69.7 Å². The van der Waals surface area contributed by atoms with Crippen molar-refractivity contribution in [2.24, 2.45) is 0 Å². The SMILES string of the molecule is CCc1cc(N2CCN(Cc3cc(F)c(C(=O)NS(=O)(=O)C4CC4)cc3Cl)CC2)ccc1Cl. The van der Waals surface area contributed by atoms with Gasteiger partial charge >= 0.3 is 0 Å². The molecule has 1 aliphatic carbocycles. The number of aryl methyl sites for hydroxylation is 1. The summed E-state index contributed by atoms with van der Waals surface area (Å²) < 4.78 is 40.6. The zero-order chi connectivity index (χ0) is 23.8. The fourth-order valence-corrected chi connectivity index (χ4v) is 5.73. The first-order valence-corrected chi connectivity index (χ1v) is 13.3. The second-order valence-corrected chi connectivity index (χ2v) is 11.3. The lowest BCUT2D eigenvalue weighted by Crippen LogP contribution is -2.46. The smallest absolute Gasteiger partial charge is 0.267 e. The molecule has 2 fully saturated rings. The molecule has 1 N–H and O–H groups in total. The van der Waals surface area contributed by atoms with Crippen molar-refractivity contribution in [3.05, 3.63) is 62.9 Å². The molecule has 0 bridgehead atoms. The van der Waals surface area contributed by atoms with E-state index in [-0.39, 0.29) is 10.6 Å². The summed E-state index contributed by atoms with van der Waals surface area (Å²) >= 11 is 12.6. The van der Waals surface area contributed by atoms with Gasteiger partial charge in [-0.3, -0.25) is 9.69 Å². The number of hydrogen-bond donors (Lipinski definition) is 1. The highest BCUT2D eigenvalue weighted by Crippen LogP contribution is 2.29. The number of carbonyl (C=O) groups is 1. The molecule has 178 valence electrons. The highest BCUT2D eigenvalue weighted by atomic mass is 35.5. The second kappa shape index (κ2) is 9.78. The van der Waals surface area contributed by atoms with Crippen molar-refractivity contribution in [1.82, 2.24) is 9.62 Å². The Morgan fingerprint density at radius 1 is 1.06 bits per heavy atom. The molecule has 1 amide bonds. The maximum atomic E-state index is 14.7. The molecule has 2 aromatic carbocycles. The van der Waals surface area contributed by atoms with E-state index in [1.54, 1.807) is 0 Å². The maximum absolute atomic E-state index is 14.7. The summed E-state index contributed by atoms with van der Waals surface area (Å²) in [5.74, 6) is -1.78. The van der Waals surface area contributed by atoms with Gasteiger partial charge in [-0.05, 0) is 60.7 Å². The molecule has 1 heterocycles. The van der Waals surface area contributed by atoms with Crippen LogP contribution in [0.3, 0.4) is 0 Å². The van der Waals surface area contributed by atoms with Crippen LogP contribution >= 0.6 is 23.2 Å². The van der Waals surface area contributed by atoms with Crippen LogP contribution in [0.5, 0.6) is 0 Å². The fraction of sp³-hybridized carbons (Fsp3) is 0.435. The Morgan fingerprint density at radius 3 is 2.39 bits per heavy atom. The lowest BCUT2D eigenvalue weighted by Gasteiger charge is -2.36. The van der Waals surface area contributed by atoms with E-state index in [9.17, 15) is 17.6 Å². The molecule has 10 heteroatoms. The second-order valence-electron chi connectivity index (χ2n) is 8.49. The van der Waals surface area contributed by atoms with Crippen LogP contribution in [0.2, 0.25) is 10.0 Å². The van der Waals surface area contributed by atoms with Crippen LogP contribution in [0.25, 0.3) is 0 Å². The summed E-state index contributed by atoms with van der Waals surface area (Å²) in [6, 6.07) is 8.51. The van der Waals surface area contributed by atoms with Gasteiger partial charge < -0.3 is 4.90 Å². The molecule has 1 saturated carbocycles. The first-order chi connectivity index (χ1) is 15.7. The van der Waals surface area contributed by atoms with Gasteiger partial charge in [-0.2, -0.15) is 0 Å². The largest absolute Gasteiger partial charge is 0.369 e. The van der Waals surface area contributed by atoms with E-state index in [0.29, 0.717) is 24.9 Å². The standard InChI is InChI=1S/C23H26Cl2FN3O3S/c1-2-15-11-17(3-6-20(15)24)29-9-7-28(8-10-29)14-16-12-22(26)19(13-21(16)25)23(30)27-33(31,32)18-4-5-18/h3,6,11-13,18H,2,4-5,7-10,14H2,1H3,(H,27,30). The van der Waals surface area contributed by atoms with Crippen LogP contribution in [0.4, 0.5) is 10.1 Å². The minimum Gasteiger partial charge on any atom is -0.369 e. The van der Waals surface area contributed by atoms with Crippen molar-refractivity contribution in [3.63, 3.8) is 0 Å². The minimum absolute atomic E-state index is 0.234. The molecule has 0 aromatic heterocycles. The van der Waals surface area contributed by atoms with E-state index < -0.39 is 27.0 Å². The third-order valence-corrected chi connectivity index (χ3v) is 8.66. The summed E-state index contributed by atoms with van der Waals surface area (Å²) in [5.41, 5.74) is 2.45. The summed E-state index contributed by atoms with van der Waals surface area (Å²) in [4.78, 5) is 16.8. The normalized spacial score (nSPS) is 17.3. The first-order valence-electron chi connectivity index (χ1n) is 11.0. The average Bonchev–Trinajstić information content (AvgIpc) is 3.63. The van der Waals surface area contributed by atoms with Crippen LogP contribution in [0.15, 0.2) is 30.3 Å². The van der Waals surface area contributed by atoms with Gasteiger partial charge in [0.15, 0.2) is 0 Å². The van der Waals surface area contributed by atoms with E-state index in [0.717, 1.165) is 48.9 Å². The minimum atomic E-state index is -3.76. The number of anilines is 1. The molecule has 1 saturated heterocycles. The maximum Gasteiger partial charge on any atom is 0.267 e. The Hall–Kier alpha value is -1.87.